The Morgan fingerprint density at radius 2 is 1.93 bits per heavy atom. The van der Waals surface area contributed by atoms with E-state index in [1.165, 1.54) is 3.57 Å². The minimum Gasteiger partial charge on any atom is -0.472 e. The topological polar surface area (TPSA) is 33.4 Å². The fourth-order valence-corrected chi connectivity index (χ4v) is 1.79. The summed E-state index contributed by atoms with van der Waals surface area (Å²) in [6, 6.07) is 9.93. The van der Waals surface area contributed by atoms with Gasteiger partial charge < -0.3 is 9.52 Å². The second-order valence-corrected chi connectivity index (χ2v) is 4.65. The lowest BCUT2D eigenvalue weighted by Gasteiger charge is -2.07. The Balaban J connectivity index is 2.06. The summed E-state index contributed by atoms with van der Waals surface area (Å²) in [5.74, 6) is 0. The second kappa shape index (κ2) is 4.81. The lowest BCUT2D eigenvalue weighted by atomic mass is 10.0. The summed E-state index contributed by atoms with van der Waals surface area (Å²) in [6.07, 6.45) is 3.30. The number of aliphatic hydroxyl groups is 1. The maximum atomic E-state index is 9.87. The first-order chi connectivity index (χ1) is 7.25. The summed E-state index contributed by atoms with van der Waals surface area (Å²) in [5, 5.41) is 9.87. The van der Waals surface area contributed by atoms with Crippen LogP contribution in [0.4, 0.5) is 0 Å². The van der Waals surface area contributed by atoms with Crippen molar-refractivity contribution in [2.75, 3.05) is 0 Å². The highest BCUT2D eigenvalue weighted by atomic mass is 127. The van der Waals surface area contributed by atoms with E-state index < -0.39 is 6.10 Å². The molecule has 0 saturated carbocycles. The van der Waals surface area contributed by atoms with Gasteiger partial charge >= 0.3 is 0 Å². The van der Waals surface area contributed by atoms with Gasteiger partial charge in [-0.1, -0.05) is 12.1 Å². The molecular weight excluding hydrogens is 303 g/mol. The van der Waals surface area contributed by atoms with Crippen LogP contribution in [0.25, 0.3) is 0 Å². The first-order valence-electron chi connectivity index (χ1n) is 4.70. The smallest absolute Gasteiger partial charge is 0.0960 e. The Morgan fingerprint density at radius 1 is 1.20 bits per heavy atom. The SMILES string of the molecule is OC(Cc1ccc(I)cc1)c1ccoc1. The van der Waals surface area contributed by atoms with Crippen molar-refractivity contribution < 1.29 is 9.52 Å². The van der Waals surface area contributed by atoms with Crippen molar-refractivity contribution in [2.24, 2.45) is 0 Å². The summed E-state index contributed by atoms with van der Waals surface area (Å²) in [6.45, 7) is 0. The molecule has 0 bridgehead atoms. The van der Waals surface area contributed by atoms with E-state index in [4.69, 9.17) is 4.42 Å². The van der Waals surface area contributed by atoms with Crippen molar-refractivity contribution >= 4 is 22.6 Å². The molecule has 2 aromatic rings. The van der Waals surface area contributed by atoms with Crippen LogP contribution in [-0.4, -0.2) is 5.11 Å². The Morgan fingerprint density at radius 3 is 2.53 bits per heavy atom. The summed E-state index contributed by atoms with van der Waals surface area (Å²) in [4.78, 5) is 0. The zero-order valence-corrected chi connectivity index (χ0v) is 10.2. The average molecular weight is 314 g/mol. The Hall–Kier alpha value is -0.810. The number of aliphatic hydroxyl groups excluding tert-OH is 1. The standard InChI is InChI=1S/C12H11IO2/c13-11-3-1-9(2-4-11)7-12(14)10-5-6-15-8-10/h1-6,8,12,14H,7H2. The summed E-state index contributed by atoms with van der Waals surface area (Å²) >= 11 is 2.26. The molecule has 0 spiro atoms. The predicted molar refractivity (Wildman–Crippen MR) is 66.5 cm³/mol. The molecule has 78 valence electrons. The van der Waals surface area contributed by atoms with Crippen LogP contribution in [0.1, 0.15) is 17.2 Å². The molecule has 1 unspecified atom stereocenters. The molecule has 0 aliphatic rings. The van der Waals surface area contributed by atoms with E-state index in [0.29, 0.717) is 6.42 Å². The Bertz CT molecular complexity index is 406. The normalized spacial score (nSPS) is 12.7. The molecule has 1 aromatic carbocycles. The van der Waals surface area contributed by atoms with Gasteiger partial charge in [0.2, 0.25) is 0 Å². The number of halogens is 1. The minimum atomic E-state index is -0.483. The lowest BCUT2D eigenvalue weighted by Crippen LogP contribution is -2.00. The van der Waals surface area contributed by atoms with Crippen LogP contribution in [0.2, 0.25) is 0 Å². The van der Waals surface area contributed by atoms with E-state index in [1.54, 1.807) is 18.6 Å². The van der Waals surface area contributed by atoms with Crippen molar-refractivity contribution in [3.8, 4) is 0 Å². The first-order valence-corrected chi connectivity index (χ1v) is 5.78. The maximum Gasteiger partial charge on any atom is 0.0960 e. The zero-order chi connectivity index (χ0) is 10.7. The molecule has 3 heteroatoms. The first kappa shape index (κ1) is 10.7. The molecule has 0 saturated heterocycles. The number of benzene rings is 1. The van der Waals surface area contributed by atoms with Crippen molar-refractivity contribution in [1.29, 1.82) is 0 Å². The van der Waals surface area contributed by atoms with Gasteiger partial charge in [-0.3, -0.25) is 0 Å². The monoisotopic (exact) mass is 314 g/mol. The fourth-order valence-electron chi connectivity index (χ4n) is 1.43. The van der Waals surface area contributed by atoms with Gasteiger partial charge in [-0.15, -0.1) is 0 Å². The van der Waals surface area contributed by atoms with Gasteiger partial charge in [-0.25, -0.2) is 0 Å². The maximum absolute atomic E-state index is 9.87. The highest BCUT2D eigenvalue weighted by Crippen LogP contribution is 2.19. The number of furan rings is 1. The quantitative estimate of drug-likeness (QED) is 0.883. The van der Waals surface area contributed by atoms with Crippen LogP contribution in [0, 0.1) is 3.57 Å². The highest BCUT2D eigenvalue weighted by Gasteiger charge is 2.09. The fraction of sp³-hybridized carbons (Fsp3) is 0.167. The molecule has 2 nitrogen and oxygen atoms in total. The van der Waals surface area contributed by atoms with Crippen molar-refractivity contribution in [2.45, 2.75) is 12.5 Å². The molecule has 0 radical (unpaired) electrons. The summed E-state index contributed by atoms with van der Waals surface area (Å²) < 4.78 is 6.13. The largest absolute Gasteiger partial charge is 0.472 e. The van der Waals surface area contributed by atoms with E-state index in [-0.39, 0.29) is 0 Å². The van der Waals surface area contributed by atoms with Crippen LogP contribution in [0.5, 0.6) is 0 Å². The van der Waals surface area contributed by atoms with Crippen molar-refractivity contribution in [1.82, 2.24) is 0 Å². The van der Waals surface area contributed by atoms with Crippen molar-refractivity contribution in [3.05, 3.63) is 57.6 Å². The average Bonchev–Trinajstić information content (AvgIpc) is 2.74. The predicted octanol–water partition coefficient (Wildman–Crippen LogP) is 3.16. The molecule has 1 heterocycles. The van der Waals surface area contributed by atoms with Crippen LogP contribution < -0.4 is 0 Å². The van der Waals surface area contributed by atoms with E-state index in [9.17, 15) is 5.11 Å². The van der Waals surface area contributed by atoms with Gasteiger partial charge in [0.05, 0.1) is 18.6 Å². The summed E-state index contributed by atoms with van der Waals surface area (Å²) in [7, 11) is 0. The minimum absolute atomic E-state index is 0.483. The number of rotatable bonds is 3. The van der Waals surface area contributed by atoms with Gasteiger partial charge in [0, 0.05) is 15.6 Å². The molecule has 1 aromatic heterocycles. The third-order valence-electron chi connectivity index (χ3n) is 2.27. The van der Waals surface area contributed by atoms with E-state index in [2.05, 4.69) is 22.6 Å². The molecular formula is C12H11IO2. The van der Waals surface area contributed by atoms with Crippen LogP contribution in [0.3, 0.4) is 0 Å². The molecule has 0 aliphatic carbocycles. The van der Waals surface area contributed by atoms with Gasteiger partial charge in [0.1, 0.15) is 0 Å². The van der Waals surface area contributed by atoms with Gasteiger partial charge in [-0.2, -0.15) is 0 Å². The zero-order valence-electron chi connectivity index (χ0n) is 8.06. The Labute approximate surface area is 102 Å². The third-order valence-corrected chi connectivity index (χ3v) is 2.99. The third kappa shape index (κ3) is 2.82. The van der Waals surface area contributed by atoms with Crippen LogP contribution in [-0.2, 0) is 6.42 Å². The van der Waals surface area contributed by atoms with Gasteiger partial charge in [0.15, 0.2) is 0 Å². The van der Waals surface area contributed by atoms with Crippen LogP contribution in [0.15, 0.2) is 47.3 Å². The molecule has 0 amide bonds. The van der Waals surface area contributed by atoms with Gasteiger partial charge in [-0.05, 0) is 46.4 Å². The molecule has 1 N–H and O–H groups in total. The van der Waals surface area contributed by atoms with Crippen molar-refractivity contribution in [3.63, 3.8) is 0 Å². The summed E-state index contributed by atoms with van der Waals surface area (Å²) in [5.41, 5.74) is 1.96. The second-order valence-electron chi connectivity index (χ2n) is 3.40. The van der Waals surface area contributed by atoms with E-state index in [1.807, 2.05) is 24.3 Å². The molecule has 0 aliphatic heterocycles. The lowest BCUT2D eigenvalue weighted by molar-refractivity contribution is 0.177. The highest BCUT2D eigenvalue weighted by molar-refractivity contribution is 14.1. The molecule has 0 fully saturated rings. The molecule has 1 atom stereocenters. The van der Waals surface area contributed by atoms with E-state index >= 15 is 0 Å². The number of hydrogen-bond acceptors (Lipinski definition) is 2. The molecule has 15 heavy (non-hydrogen) atoms. The van der Waals surface area contributed by atoms with E-state index in [0.717, 1.165) is 11.1 Å². The Kier molecular flexibility index (Phi) is 3.43. The number of hydrogen-bond donors (Lipinski definition) is 1. The van der Waals surface area contributed by atoms with Crippen LogP contribution >= 0.6 is 22.6 Å². The van der Waals surface area contributed by atoms with Gasteiger partial charge in [0.25, 0.3) is 0 Å². The molecule has 2 rings (SSSR count).